The third kappa shape index (κ3) is 3.80. The molecule has 1 amide bonds. The molecule has 0 saturated carbocycles. The Morgan fingerprint density at radius 3 is 2.78 bits per heavy atom. The van der Waals surface area contributed by atoms with Gasteiger partial charge in [-0.3, -0.25) is 19.8 Å². The molecule has 2 aliphatic rings. The molecule has 1 saturated heterocycles. The van der Waals surface area contributed by atoms with Crippen LogP contribution in [0.2, 0.25) is 0 Å². The maximum absolute atomic E-state index is 13.3. The van der Waals surface area contributed by atoms with Gasteiger partial charge in [0.15, 0.2) is 0 Å². The Kier molecular flexibility index (Phi) is 5.49. The first-order valence-electron chi connectivity index (χ1n) is 11.2. The minimum atomic E-state index is -0.416. The van der Waals surface area contributed by atoms with Crippen LogP contribution < -0.4 is 10.6 Å². The lowest BCUT2D eigenvalue weighted by Crippen LogP contribution is -2.55. The van der Waals surface area contributed by atoms with Gasteiger partial charge < -0.3 is 10.2 Å². The van der Waals surface area contributed by atoms with E-state index in [1.165, 1.54) is 5.56 Å². The van der Waals surface area contributed by atoms with Gasteiger partial charge in [-0.05, 0) is 36.6 Å². The predicted molar refractivity (Wildman–Crippen MR) is 126 cm³/mol. The summed E-state index contributed by atoms with van der Waals surface area (Å²) in [6.45, 7) is 5.22. The Labute approximate surface area is 188 Å². The molecular formula is C25H28N6O. The first-order chi connectivity index (χ1) is 15.7. The van der Waals surface area contributed by atoms with E-state index in [0.29, 0.717) is 31.9 Å². The Bertz CT molecular complexity index is 1140. The summed E-state index contributed by atoms with van der Waals surface area (Å²) in [5.41, 5.74) is 3.65. The summed E-state index contributed by atoms with van der Waals surface area (Å²) in [5.74, 6) is 0.915. The van der Waals surface area contributed by atoms with E-state index in [1.807, 2.05) is 36.1 Å². The number of aromatic nitrogens is 2. The number of aliphatic imine (C=N–C) groups is 1. The van der Waals surface area contributed by atoms with Crippen LogP contribution in [0, 0.1) is 0 Å². The Morgan fingerprint density at radius 1 is 1.12 bits per heavy atom. The quantitative estimate of drug-likeness (QED) is 0.669. The molecule has 5 rings (SSSR count). The zero-order valence-corrected chi connectivity index (χ0v) is 18.3. The number of nitrogens with zero attached hydrogens (tertiary/aromatic N) is 4. The maximum atomic E-state index is 13.3. The number of para-hydroxylation sites is 1. The molecule has 32 heavy (non-hydrogen) atoms. The van der Waals surface area contributed by atoms with Gasteiger partial charge in [-0.25, -0.2) is 0 Å². The first-order valence-corrected chi connectivity index (χ1v) is 11.2. The van der Waals surface area contributed by atoms with Crippen LogP contribution in [0.25, 0.3) is 0 Å². The largest absolute Gasteiger partial charge is 0.342 e. The number of carbonyl (C=O) groups excluding carboxylic acids is 1. The van der Waals surface area contributed by atoms with E-state index in [9.17, 15) is 4.79 Å². The number of anilines is 1. The van der Waals surface area contributed by atoms with Gasteiger partial charge in [-0.2, -0.15) is 5.10 Å². The van der Waals surface area contributed by atoms with Gasteiger partial charge in [0.1, 0.15) is 11.5 Å². The van der Waals surface area contributed by atoms with Crippen molar-refractivity contribution in [3.63, 3.8) is 0 Å². The van der Waals surface area contributed by atoms with Gasteiger partial charge in [0.25, 0.3) is 5.91 Å². The van der Waals surface area contributed by atoms with Gasteiger partial charge in [0.2, 0.25) is 0 Å². The van der Waals surface area contributed by atoms with E-state index in [-0.39, 0.29) is 5.91 Å². The summed E-state index contributed by atoms with van der Waals surface area (Å²) in [4.78, 5) is 20.2. The van der Waals surface area contributed by atoms with E-state index in [0.717, 1.165) is 30.1 Å². The molecule has 1 aromatic heterocycles. The van der Waals surface area contributed by atoms with Crippen molar-refractivity contribution in [2.75, 3.05) is 18.4 Å². The van der Waals surface area contributed by atoms with Crippen molar-refractivity contribution in [3.8, 4) is 0 Å². The summed E-state index contributed by atoms with van der Waals surface area (Å²) < 4.78 is 1.76. The summed E-state index contributed by atoms with van der Waals surface area (Å²) in [6, 6.07) is 20.4. The molecule has 164 valence electrons. The number of hydrogen-bond donors (Lipinski definition) is 2. The molecule has 2 aromatic carbocycles. The van der Waals surface area contributed by atoms with Crippen molar-refractivity contribution in [3.05, 3.63) is 83.7 Å². The minimum absolute atomic E-state index is 0.0206. The molecule has 0 radical (unpaired) electrons. The number of aryl methyl sites for hydroxylation is 1. The highest BCUT2D eigenvalue weighted by Gasteiger charge is 2.45. The van der Waals surface area contributed by atoms with E-state index in [1.54, 1.807) is 16.9 Å². The molecule has 3 aromatic rings. The number of fused-ring (bicyclic) bond motifs is 1. The Balaban J connectivity index is 1.45. The van der Waals surface area contributed by atoms with Gasteiger partial charge in [0, 0.05) is 38.1 Å². The van der Waals surface area contributed by atoms with Crippen LogP contribution in [0.5, 0.6) is 0 Å². The van der Waals surface area contributed by atoms with Crippen molar-refractivity contribution in [2.45, 2.75) is 38.5 Å². The molecule has 7 nitrogen and oxygen atoms in total. The second-order valence-corrected chi connectivity index (χ2v) is 8.38. The first kappa shape index (κ1) is 20.5. The van der Waals surface area contributed by atoms with Gasteiger partial charge in [-0.15, -0.1) is 0 Å². The zero-order chi connectivity index (χ0) is 22.0. The van der Waals surface area contributed by atoms with Crippen LogP contribution in [-0.4, -0.2) is 45.1 Å². The van der Waals surface area contributed by atoms with Crippen molar-refractivity contribution in [2.24, 2.45) is 4.99 Å². The minimum Gasteiger partial charge on any atom is -0.342 e. The lowest BCUT2D eigenvalue weighted by Gasteiger charge is -2.30. The third-order valence-electron chi connectivity index (χ3n) is 6.40. The highest BCUT2D eigenvalue weighted by atomic mass is 16.2. The zero-order valence-electron chi connectivity index (χ0n) is 18.3. The van der Waals surface area contributed by atoms with Gasteiger partial charge in [0.05, 0.1) is 12.1 Å². The summed E-state index contributed by atoms with van der Waals surface area (Å²) in [6.07, 6.45) is 2.49. The summed E-state index contributed by atoms with van der Waals surface area (Å²) in [7, 11) is 0. The topological polar surface area (TPSA) is 74.6 Å². The Morgan fingerprint density at radius 2 is 1.94 bits per heavy atom. The fourth-order valence-corrected chi connectivity index (χ4v) is 4.59. The molecule has 1 spiro atoms. The lowest BCUT2D eigenvalue weighted by molar-refractivity contribution is 0.0773. The predicted octanol–water partition coefficient (Wildman–Crippen LogP) is 3.30. The number of likely N-dealkylation sites (tertiary alicyclic amines) is 1. The lowest BCUT2D eigenvalue weighted by atomic mass is 9.96. The van der Waals surface area contributed by atoms with Crippen LogP contribution >= 0.6 is 0 Å². The molecule has 0 aliphatic carbocycles. The Hall–Kier alpha value is -3.45. The number of amides is 1. The van der Waals surface area contributed by atoms with E-state index in [2.05, 4.69) is 46.1 Å². The normalized spacial score (nSPS) is 21.4. The summed E-state index contributed by atoms with van der Waals surface area (Å²) in [5, 5.41) is 11.6. The van der Waals surface area contributed by atoms with Crippen molar-refractivity contribution < 1.29 is 4.79 Å². The molecule has 0 bridgehead atoms. The molecule has 1 unspecified atom stereocenters. The number of hydrogen-bond acceptors (Lipinski definition) is 4. The van der Waals surface area contributed by atoms with E-state index >= 15 is 0 Å². The van der Waals surface area contributed by atoms with E-state index < -0.39 is 5.54 Å². The van der Waals surface area contributed by atoms with Gasteiger partial charge >= 0.3 is 0 Å². The molecule has 2 aliphatic heterocycles. The number of amidine groups is 1. The maximum Gasteiger partial charge on any atom is 0.272 e. The fraction of sp³-hybridized carbons (Fsp3) is 0.320. The molecular weight excluding hydrogens is 400 g/mol. The second kappa shape index (κ2) is 8.59. The van der Waals surface area contributed by atoms with E-state index in [4.69, 9.17) is 4.99 Å². The highest BCUT2D eigenvalue weighted by molar-refractivity contribution is 6.05. The van der Waals surface area contributed by atoms with Crippen molar-refractivity contribution in [1.29, 1.82) is 0 Å². The van der Waals surface area contributed by atoms with Crippen LogP contribution in [0.4, 0.5) is 5.69 Å². The highest BCUT2D eigenvalue weighted by Crippen LogP contribution is 2.30. The number of rotatable bonds is 4. The van der Waals surface area contributed by atoms with Crippen LogP contribution in [-0.2, 0) is 19.6 Å². The smallest absolute Gasteiger partial charge is 0.272 e. The summed E-state index contributed by atoms with van der Waals surface area (Å²) >= 11 is 0. The number of carbonyl (C=O) groups is 1. The van der Waals surface area contributed by atoms with Crippen LogP contribution in [0.1, 0.15) is 35.0 Å². The molecule has 1 fully saturated rings. The average molecular weight is 429 g/mol. The fourth-order valence-electron chi connectivity index (χ4n) is 4.59. The second-order valence-electron chi connectivity index (χ2n) is 8.38. The molecule has 1 atom stereocenters. The monoisotopic (exact) mass is 428 g/mol. The standard InChI is InChI=1S/C25H28N6O/c1-2-31-22(12-14-28-31)23(32)30-15-13-25(18-30)24(26-16-19-8-4-3-5-9-19)29-21-11-7-6-10-20(21)17-27-25/h3-12,14,27H,2,13,15-18H2,1H3,(H,26,29). The van der Waals surface area contributed by atoms with Crippen LogP contribution in [0.3, 0.4) is 0 Å². The van der Waals surface area contributed by atoms with Gasteiger partial charge in [-0.1, -0.05) is 48.5 Å². The molecule has 3 heterocycles. The molecule has 2 N–H and O–H groups in total. The van der Waals surface area contributed by atoms with Crippen LogP contribution in [0.15, 0.2) is 71.9 Å². The van der Waals surface area contributed by atoms with Crippen molar-refractivity contribution >= 4 is 17.4 Å². The number of benzene rings is 2. The third-order valence-corrected chi connectivity index (χ3v) is 6.40. The van der Waals surface area contributed by atoms with Crippen molar-refractivity contribution in [1.82, 2.24) is 20.0 Å². The SMILES string of the molecule is CCn1nccc1C(=O)N1CCC2(C1)NCc1ccccc1NC2=NCc1ccccc1. The number of nitrogens with one attached hydrogen (secondary N) is 2. The molecule has 7 heteroatoms. The average Bonchev–Trinajstić information content (AvgIpc) is 3.46.